The maximum atomic E-state index is 11.5. The van der Waals surface area contributed by atoms with Gasteiger partial charge < -0.3 is 9.47 Å². The van der Waals surface area contributed by atoms with E-state index in [1.54, 1.807) is 0 Å². The van der Waals surface area contributed by atoms with Gasteiger partial charge in [-0.1, -0.05) is 33.1 Å². The third kappa shape index (κ3) is 6.04. The molecular weight excluding hydrogens is 256 g/mol. The molecule has 0 aromatic heterocycles. The Bertz CT molecular complexity index is 314. The summed E-state index contributed by atoms with van der Waals surface area (Å²) in [7, 11) is 0. The van der Waals surface area contributed by atoms with E-state index < -0.39 is 0 Å². The first-order valence-corrected chi connectivity index (χ1v) is 7.91. The third-order valence-electron chi connectivity index (χ3n) is 3.81. The molecule has 20 heavy (non-hydrogen) atoms. The fourth-order valence-corrected chi connectivity index (χ4v) is 2.68. The van der Waals surface area contributed by atoms with Gasteiger partial charge in [0.2, 0.25) is 0 Å². The average Bonchev–Trinajstić information content (AvgIpc) is 2.41. The van der Waals surface area contributed by atoms with Crippen molar-refractivity contribution < 1.29 is 19.1 Å². The number of carbonyl (C=O) groups excluding carboxylic acids is 2. The van der Waals surface area contributed by atoms with Crippen molar-refractivity contribution in [1.82, 2.24) is 0 Å². The van der Waals surface area contributed by atoms with E-state index in [0.29, 0.717) is 12.8 Å². The number of unbranched alkanes of at least 4 members (excludes halogenated alkanes) is 2. The highest BCUT2D eigenvalue weighted by molar-refractivity contribution is 5.78. The maximum absolute atomic E-state index is 11.5. The van der Waals surface area contributed by atoms with Crippen LogP contribution in [-0.2, 0) is 19.1 Å². The van der Waals surface area contributed by atoms with Crippen LogP contribution in [0.2, 0.25) is 0 Å². The number of hydrogen-bond donors (Lipinski definition) is 0. The van der Waals surface area contributed by atoms with E-state index in [0.717, 1.165) is 38.5 Å². The maximum Gasteiger partial charge on any atom is 0.302 e. The highest BCUT2D eigenvalue weighted by Crippen LogP contribution is 2.28. The number of ether oxygens (including phenoxy) is 2. The molecule has 1 rings (SSSR count). The molecule has 0 aromatic rings. The quantitative estimate of drug-likeness (QED) is 0.506. The standard InChI is InChI=1S/C16H28O4/c1-4-6-7-8-15-16(19-12(3)17)10-9-14(20-15)11-13(18)5-2/h14-16H,4-11H2,1-3H3. The molecule has 0 aliphatic carbocycles. The second-order valence-electron chi connectivity index (χ2n) is 5.61. The molecule has 4 nitrogen and oxygen atoms in total. The van der Waals surface area contributed by atoms with Gasteiger partial charge in [-0.25, -0.2) is 0 Å². The van der Waals surface area contributed by atoms with Gasteiger partial charge in [0.1, 0.15) is 11.9 Å². The molecule has 1 fully saturated rings. The van der Waals surface area contributed by atoms with Gasteiger partial charge in [0.15, 0.2) is 0 Å². The SMILES string of the molecule is CCCCCC1OC(CC(=O)CC)CCC1OC(C)=O. The second-order valence-corrected chi connectivity index (χ2v) is 5.61. The lowest BCUT2D eigenvalue weighted by atomic mass is 9.94. The van der Waals surface area contributed by atoms with Gasteiger partial charge in [0.05, 0.1) is 12.2 Å². The number of Topliss-reactive ketones (excluding diaryl/α,β-unsaturated/α-hetero) is 1. The molecular formula is C16H28O4. The molecule has 4 heteroatoms. The zero-order valence-corrected chi connectivity index (χ0v) is 13.0. The molecule has 116 valence electrons. The molecule has 1 aliphatic heterocycles. The lowest BCUT2D eigenvalue weighted by Gasteiger charge is -2.36. The molecule has 1 aliphatic rings. The van der Waals surface area contributed by atoms with Gasteiger partial charge in [-0.2, -0.15) is 0 Å². The smallest absolute Gasteiger partial charge is 0.302 e. The number of esters is 1. The van der Waals surface area contributed by atoms with Crippen molar-refractivity contribution in [3.05, 3.63) is 0 Å². The van der Waals surface area contributed by atoms with Crippen LogP contribution in [0.15, 0.2) is 0 Å². The number of ketones is 1. The van der Waals surface area contributed by atoms with E-state index in [4.69, 9.17) is 9.47 Å². The summed E-state index contributed by atoms with van der Waals surface area (Å²) >= 11 is 0. The lowest BCUT2D eigenvalue weighted by molar-refractivity contribution is -0.172. The Morgan fingerprint density at radius 2 is 1.95 bits per heavy atom. The molecule has 0 saturated carbocycles. The Labute approximate surface area is 122 Å². The van der Waals surface area contributed by atoms with Crippen molar-refractivity contribution >= 4 is 11.8 Å². The van der Waals surface area contributed by atoms with Crippen LogP contribution in [0, 0.1) is 0 Å². The van der Waals surface area contributed by atoms with Crippen LogP contribution >= 0.6 is 0 Å². The Morgan fingerprint density at radius 1 is 1.20 bits per heavy atom. The molecule has 0 spiro atoms. The van der Waals surface area contributed by atoms with Gasteiger partial charge in [-0.05, 0) is 19.3 Å². The molecule has 0 radical (unpaired) electrons. The van der Waals surface area contributed by atoms with Crippen LogP contribution in [0.5, 0.6) is 0 Å². The van der Waals surface area contributed by atoms with Crippen molar-refractivity contribution in [2.45, 2.75) is 90.4 Å². The Balaban J connectivity index is 2.52. The van der Waals surface area contributed by atoms with Crippen molar-refractivity contribution in [3.8, 4) is 0 Å². The van der Waals surface area contributed by atoms with Crippen LogP contribution in [0.3, 0.4) is 0 Å². The summed E-state index contributed by atoms with van der Waals surface area (Å²) in [6.07, 6.45) is 6.77. The van der Waals surface area contributed by atoms with Crippen molar-refractivity contribution in [2.75, 3.05) is 0 Å². The van der Waals surface area contributed by atoms with Crippen LogP contribution in [-0.4, -0.2) is 30.1 Å². The first kappa shape index (κ1) is 17.2. The zero-order valence-electron chi connectivity index (χ0n) is 13.0. The minimum Gasteiger partial charge on any atom is -0.460 e. The van der Waals surface area contributed by atoms with E-state index in [2.05, 4.69) is 6.92 Å². The van der Waals surface area contributed by atoms with Crippen LogP contribution in [0.4, 0.5) is 0 Å². The predicted molar refractivity (Wildman–Crippen MR) is 77.5 cm³/mol. The molecule has 3 atom stereocenters. The second kappa shape index (κ2) is 9.11. The van der Waals surface area contributed by atoms with Gasteiger partial charge in [0.25, 0.3) is 0 Å². The lowest BCUT2D eigenvalue weighted by Crippen LogP contribution is -2.42. The first-order chi connectivity index (χ1) is 9.56. The summed E-state index contributed by atoms with van der Waals surface area (Å²) in [4.78, 5) is 22.7. The van der Waals surface area contributed by atoms with E-state index >= 15 is 0 Å². The van der Waals surface area contributed by atoms with Crippen LogP contribution in [0.1, 0.15) is 72.1 Å². The third-order valence-corrected chi connectivity index (χ3v) is 3.81. The molecule has 3 unspecified atom stereocenters. The summed E-state index contributed by atoms with van der Waals surface area (Å²) in [5.74, 6) is -0.00424. The molecule has 0 N–H and O–H groups in total. The van der Waals surface area contributed by atoms with Crippen LogP contribution < -0.4 is 0 Å². The minimum atomic E-state index is -0.248. The molecule has 1 heterocycles. The number of hydrogen-bond acceptors (Lipinski definition) is 4. The van der Waals surface area contributed by atoms with Gasteiger partial charge in [-0.15, -0.1) is 0 Å². The topological polar surface area (TPSA) is 52.6 Å². The summed E-state index contributed by atoms with van der Waals surface area (Å²) in [6, 6.07) is 0. The monoisotopic (exact) mass is 284 g/mol. The normalized spacial score (nSPS) is 26.2. The number of carbonyl (C=O) groups is 2. The molecule has 0 amide bonds. The predicted octanol–water partition coefficient (Wildman–Crippen LogP) is 3.42. The molecule has 0 bridgehead atoms. The minimum absolute atomic E-state index is 0.000819. The van der Waals surface area contributed by atoms with E-state index in [-0.39, 0.29) is 30.1 Å². The van der Waals surface area contributed by atoms with Crippen LogP contribution in [0.25, 0.3) is 0 Å². The number of rotatable bonds is 8. The van der Waals surface area contributed by atoms with E-state index in [9.17, 15) is 9.59 Å². The fraction of sp³-hybridized carbons (Fsp3) is 0.875. The van der Waals surface area contributed by atoms with Gasteiger partial charge in [0, 0.05) is 19.8 Å². The largest absolute Gasteiger partial charge is 0.460 e. The summed E-state index contributed by atoms with van der Waals surface area (Å²) in [5, 5.41) is 0. The van der Waals surface area contributed by atoms with Gasteiger partial charge in [-0.3, -0.25) is 9.59 Å². The Kier molecular flexibility index (Phi) is 7.82. The molecule has 0 aromatic carbocycles. The van der Waals surface area contributed by atoms with E-state index in [1.165, 1.54) is 6.92 Å². The highest BCUT2D eigenvalue weighted by Gasteiger charge is 2.33. The Morgan fingerprint density at radius 3 is 2.55 bits per heavy atom. The van der Waals surface area contributed by atoms with Crippen molar-refractivity contribution in [2.24, 2.45) is 0 Å². The summed E-state index contributed by atoms with van der Waals surface area (Å²) in [5.41, 5.74) is 0. The summed E-state index contributed by atoms with van der Waals surface area (Å²) in [6.45, 7) is 5.48. The fourth-order valence-electron chi connectivity index (χ4n) is 2.68. The van der Waals surface area contributed by atoms with Gasteiger partial charge >= 0.3 is 5.97 Å². The average molecular weight is 284 g/mol. The highest BCUT2D eigenvalue weighted by atomic mass is 16.6. The Hall–Kier alpha value is -0.900. The van der Waals surface area contributed by atoms with Crippen molar-refractivity contribution in [3.63, 3.8) is 0 Å². The van der Waals surface area contributed by atoms with E-state index in [1.807, 2.05) is 6.92 Å². The zero-order chi connectivity index (χ0) is 15.0. The summed E-state index contributed by atoms with van der Waals surface area (Å²) < 4.78 is 11.4. The first-order valence-electron chi connectivity index (χ1n) is 7.91. The molecule has 1 saturated heterocycles. The van der Waals surface area contributed by atoms with Crippen molar-refractivity contribution in [1.29, 1.82) is 0 Å².